The van der Waals surface area contributed by atoms with Crippen molar-refractivity contribution in [2.45, 2.75) is 38.5 Å². The molecule has 0 unspecified atom stereocenters. The van der Waals surface area contributed by atoms with Gasteiger partial charge in [-0.05, 0) is 43.2 Å². The van der Waals surface area contributed by atoms with Gasteiger partial charge in [0.1, 0.15) is 5.82 Å². The van der Waals surface area contributed by atoms with Gasteiger partial charge in [0, 0.05) is 26.3 Å². The van der Waals surface area contributed by atoms with Crippen LogP contribution in [0.25, 0.3) is 0 Å². The second kappa shape index (κ2) is 5.43. The number of aromatic nitrogens is 1. The molecule has 1 aliphatic heterocycles. The zero-order chi connectivity index (χ0) is 14.0. The van der Waals surface area contributed by atoms with Gasteiger partial charge >= 0.3 is 0 Å². The number of amides is 1. The first-order chi connectivity index (χ1) is 9.72. The Hall–Kier alpha value is -1.58. The molecule has 0 aromatic carbocycles. The van der Waals surface area contributed by atoms with Crippen molar-refractivity contribution >= 4 is 11.7 Å². The monoisotopic (exact) mass is 273 g/mol. The first-order valence-electron chi connectivity index (χ1n) is 7.66. The number of likely N-dealkylation sites (tertiary alicyclic amines) is 1. The average Bonchev–Trinajstić information content (AvgIpc) is 2.96. The Bertz CT molecular complexity index is 467. The number of carbonyl (C=O) groups is 1. The van der Waals surface area contributed by atoms with E-state index >= 15 is 0 Å². The highest BCUT2D eigenvalue weighted by atomic mass is 16.2. The minimum atomic E-state index is 0.132. The lowest BCUT2D eigenvalue weighted by Crippen LogP contribution is -2.42. The van der Waals surface area contributed by atoms with Crippen molar-refractivity contribution in [3.05, 3.63) is 23.9 Å². The molecule has 2 aliphatic rings. The number of hydrogen-bond acceptors (Lipinski definition) is 3. The van der Waals surface area contributed by atoms with Crippen LogP contribution in [0.2, 0.25) is 0 Å². The van der Waals surface area contributed by atoms with Crippen LogP contribution in [-0.2, 0) is 0 Å². The molecular formula is C16H23N3O. The van der Waals surface area contributed by atoms with Crippen LogP contribution in [0.15, 0.2) is 18.3 Å². The van der Waals surface area contributed by atoms with Crippen LogP contribution < -0.4 is 5.32 Å². The Kier molecular flexibility index (Phi) is 3.64. The normalized spacial score (nSPS) is 21.1. The topological polar surface area (TPSA) is 45.2 Å². The lowest BCUT2D eigenvalue weighted by Gasteiger charge is -2.39. The zero-order valence-corrected chi connectivity index (χ0v) is 12.2. The van der Waals surface area contributed by atoms with Crippen molar-refractivity contribution in [3.63, 3.8) is 0 Å². The Morgan fingerprint density at radius 3 is 2.45 bits per heavy atom. The van der Waals surface area contributed by atoms with Gasteiger partial charge in [0.05, 0.1) is 5.56 Å². The van der Waals surface area contributed by atoms with Gasteiger partial charge < -0.3 is 10.2 Å². The van der Waals surface area contributed by atoms with Gasteiger partial charge in [0.2, 0.25) is 0 Å². The SMILES string of the molecule is CNc1ccc(C(=O)N2CCC3(CCCC3)CC2)cn1. The fraction of sp³-hybridized carbons (Fsp3) is 0.625. The van der Waals surface area contributed by atoms with E-state index < -0.39 is 0 Å². The first-order valence-corrected chi connectivity index (χ1v) is 7.66. The third-order valence-electron chi connectivity index (χ3n) is 5.04. The molecule has 4 heteroatoms. The minimum absolute atomic E-state index is 0.132. The van der Waals surface area contributed by atoms with E-state index in [0.29, 0.717) is 11.0 Å². The third-order valence-corrected chi connectivity index (χ3v) is 5.04. The van der Waals surface area contributed by atoms with E-state index in [1.807, 2.05) is 24.1 Å². The molecule has 1 spiro atoms. The number of nitrogens with zero attached hydrogens (tertiary/aromatic N) is 2. The molecule has 0 atom stereocenters. The second-order valence-electron chi connectivity index (χ2n) is 6.18. The summed E-state index contributed by atoms with van der Waals surface area (Å²) in [5.74, 6) is 0.929. The Labute approximate surface area is 120 Å². The van der Waals surface area contributed by atoms with Gasteiger partial charge in [-0.1, -0.05) is 12.8 Å². The first kappa shape index (κ1) is 13.4. The van der Waals surface area contributed by atoms with Crippen LogP contribution in [0.5, 0.6) is 0 Å². The molecule has 1 N–H and O–H groups in total. The summed E-state index contributed by atoms with van der Waals surface area (Å²) < 4.78 is 0. The summed E-state index contributed by atoms with van der Waals surface area (Å²) in [4.78, 5) is 18.7. The van der Waals surface area contributed by atoms with Crippen molar-refractivity contribution < 1.29 is 4.79 Å². The van der Waals surface area contributed by atoms with Gasteiger partial charge in [-0.2, -0.15) is 0 Å². The zero-order valence-electron chi connectivity index (χ0n) is 12.2. The number of rotatable bonds is 2. The van der Waals surface area contributed by atoms with Crippen molar-refractivity contribution in [1.82, 2.24) is 9.88 Å². The van der Waals surface area contributed by atoms with Gasteiger partial charge in [0.15, 0.2) is 0 Å². The molecule has 3 rings (SSSR count). The maximum absolute atomic E-state index is 12.5. The number of piperidine rings is 1. The quantitative estimate of drug-likeness (QED) is 0.901. The minimum Gasteiger partial charge on any atom is -0.373 e. The van der Waals surface area contributed by atoms with Crippen LogP contribution in [0, 0.1) is 5.41 Å². The number of anilines is 1. The summed E-state index contributed by atoms with van der Waals surface area (Å²) in [6.07, 6.45) is 9.53. The Morgan fingerprint density at radius 2 is 1.90 bits per heavy atom. The molecule has 0 bridgehead atoms. The molecule has 1 saturated carbocycles. The predicted molar refractivity (Wildman–Crippen MR) is 79.8 cm³/mol. The molecule has 1 aliphatic carbocycles. The summed E-state index contributed by atoms with van der Waals surface area (Å²) in [6.45, 7) is 1.82. The fourth-order valence-corrected chi connectivity index (χ4v) is 3.66. The van der Waals surface area contributed by atoms with Gasteiger partial charge in [-0.25, -0.2) is 4.98 Å². The smallest absolute Gasteiger partial charge is 0.255 e. The van der Waals surface area contributed by atoms with E-state index in [0.717, 1.165) is 18.9 Å². The maximum Gasteiger partial charge on any atom is 0.255 e. The molecule has 0 radical (unpaired) electrons. The molecule has 20 heavy (non-hydrogen) atoms. The van der Waals surface area contributed by atoms with E-state index in [2.05, 4.69) is 10.3 Å². The second-order valence-corrected chi connectivity index (χ2v) is 6.18. The third kappa shape index (κ3) is 2.51. The average molecular weight is 273 g/mol. The highest BCUT2D eigenvalue weighted by Gasteiger charge is 2.38. The Balaban J connectivity index is 1.63. The highest BCUT2D eigenvalue weighted by molar-refractivity contribution is 5.94. The highest BCUT2D eigenvalue weighted by Crippen LogP contribution is 2.46. The van der Waals surface area contributed by atoms with Gasteiger partial charge in [-0.15, -0.1) is 0 Å². The van der Waals surface area contributed by atoms with Gasteiger partial charge in [-0.3, -0.25) is 4.79 Å². The Morgan fingerprint density at radius 1 is 1.20 bits per heavy atom. The molecular weight excluding hydrogens is 250 g/mol. The lowest BCUT2D eigenvalue weighted by molar-refractivity contribution is 0.0587. The van der Waals surface area contributed by atoms with Crippen LogP contribution in [0.4, 0.5) is 5.82 Å². The van der Waals surface area contributed by atoms with Crippen LogP contribution in [0.1, 0.15) is 48.9 Å². The fourth-order valence-electron chi connectivity index (χ4n) is 3.66. The molecule has 1 aromatic rings. The van der Waals surface area contributed by atoms with E-state index in [1.54, 1.807) is 6.20 Å². The standard InChI is InChI=1S/C16H23N3O/c1-17-14-5-4-13(12-18-14)15(20)19-10-8-16(9-11-19)6-2-3-7-16/h4-5,12H,2-3,6-11H2,1H3,(H,17,18). The summed E-state index contributed by atoms with van der Waals surface area (Å²) in [7, 11) is 1.83. The summed E-state index contributed by atoms with van der Waals surface area (Å²) in [6, 6.07) is 3.72. The molecule has 4 nitrogen and oxygen atoms in total. The van der Waals surface area contributed by atoms with Crippen molar-refractivity contribution in [2.75, 3.05) is 25.5 Å². The molecule has 1 amide bonds. The number of nitrogens with one attached hydrogen (secondary N) is 1. The van der Waals surface area contributed by atoms with Crippen molar-refractivity contribution in [2.24, 2.45) is 5.41 Å². The maximum atomic E-state index is 12.5. The number of pyridine rings is 1. The molecule has 1 saturated heterocycles. The summed E-state index contributed by atoms with van der Waals surface area (Å²) in [5.41, 5.74) is 1.26. The number of carbonyl (C=O) groups excluding carboxylic acids is 1. The summed E-state index contributed by atoms with van der Waals surface area (Å²) in [5, 5.41) is 2.97. The molecule has 2 fully saturated rings. The largest absolute Gasteiger partial charge is 0.373 e. The van der Waals surface area contributed by atoms with E-state index in [-0.39, 0.29) is 5.91 Å². The van der Waals surface area contributed by atoms with Gasteiger partial charge in [0.25, 0.3) is 5.91 Å². The number of hydrogen-bond donors (Lipinski definition) is 1. The van der Waals surface area contributed by atoms with Crippen LogP contribution in [-0.4, -0.2) is 35.9 Å². The van der Waals surface area contributed by atoms with Crippen molar-refractivity contribution in [3.8, 4) is 0 Å². The van der Waals surface area contributed by atoms with E-state index in [9.17, 15) is 4.79 Å². The lowest BCUT2D eigenvalue weighted by atomic mass is 9.77. The molecule has 108 valence electrons. The van der Waals surface area contributed by atoms with Crippen LogP contribution >= 0.6 is 0 Å². The van der Waals surface area contributed by atoms with Crippen LogP contribution in [0.3, 0.4) is 0 Å². The van der Waals surface area contributed by atoms with E-state index in [4.69, 9.17) is 0 Å². The van der Waals surface area contributed by atoms with E-state index in [1.165, 1.54) is 38.5 Å². The summed E-state index contributed by atoms with van der Waals surface area (Å²) >= 11 is 0. The molecule has 2 heterocycles. The predicted octanol–water partition coefficient (Wildman–Crippen LogP) is 2.92. The molecule has 1 aromatic heterocycles. The van der Waals surface area contributed by atoms with Crippen molar-refractivity contribution in [1.29, 1.82) is 0 Å².